The van der Waals surface area contributed by atoms with Gasteiger partial charge in [-0.1, -0.05) is 18.7 Å². The number of carbonyl (C=O) groups excluding carboxylic acids is 1. The summed E-state index contributed by atoms with van der Waals surface area (Å²) in [7, 11) is -2.47. The molecule has 0 radical (unpaired) electrons. The van der Waals surface area contributed by atoms with Gasteiger partial charge in [-0.05, 0) is 55.3 Å². The summed E-state index contributed by atoms with van der Waals surface area (Å²) in [5, 5.41) is 0.437. The quantitative estimate of drug-likeness (QED) is 0.328. The smallest absolute Gasteiger partial charge is 0.296 e. The minimum Gasteiger partial charge on any atom is -0.483 e. The molecule has 0 aliphatic carbocycles. The highest BCUT2D eigenvalue weighted by atomic mass is 32.2. The fraction of sp³-hybridized carbons (Fsp3) is 0.333. The first-order valence-corrected chi connectivity index (χ1v) is 8.19. The molecule has 0 unspecified atom stereocenters. The second-order valence-corrected chi connectivity index (χ2v) is 6.37. The molecule has 0 heterocycles. The first kappa shape index (κ1) is 20.4. The lowest BCUT2D eigenvalue weighted by molar-refractivity contribution is -0.0979. The van der Waals surface area contributed by atoms with E-state index in [0.29, 0.717) is 11.7 Å². The maximum atomic E-state index is 11.4. The summed E-state index contributed by atoms with van der Waals surface area (Å²) in [6.07, 6.45) is 1.58. The Hall–Kier alpha value is -1.57. The molecule has 7 heteroatoms. The lowest BCUT2D eigenvalue weighted by atomic mass is 10.1. The Bertz CT molecular complexity index is 591. The summed E-state index contributed by atoms with van der Waals surface area (Å²) >= 11 is 4.98. The van der Waals surface area contributed by atoms with Crippen molar-refractivity contribution >= 4 is 34.2 Å². The molecule has 0 saturated heterocycles. The fourth-order valence-electron chi connectivity index (χ4n) is 1.48. The van der Waals surface area contributed by atoms with Crippen LogP contribution >= 0.6 is 12.2 Å². The summed E-state index contributed by atoms with van der Waals surface area (Å²) in [5.41, 5.74) is 1.78. The van der Waals surface area contributed by atoms with E-state index in [0.717, 1.165) is 31.1 Å². The zero-order valence-electron chi connectivity index (χ0n) is 12.7. The van der Waals surface area contributed by atoms with E-state index in [1.54, 1.807) is 19.1 Å². The van der Waals surface area contributed by atoms with Gasteiger partial charge in [0.2, 0.25) is 0 Å². The third kappa shape index (κ3) is 6.93. The highest BCUT2D eigenvalue weighted by molar-refractivity contribution is 7.86. The number of aryl methyl sites for hydroxylation is 1. The average Bonchev–Trinajstić information content (AvgIpc) is 2.53. The highest BCUT2D eigenvalue weighted by Gasteiger charge is 2.11. The molecular formula is C15H20O5S2. The monoisotopic (exact) mass is 344 g/mol. The van der Waals surface area contributed by atoms with Gasteiger partial charge in [0.15, 0.2) is 5.05 Å². The van der Waals surface area contributed by atoms with E-state index in [1.165, 1.54) is 12.1 Å². The van der Waals surface area contributed by atoms with E-state index in [1.807, 2.05) is 6.79 Å². The van der Waals surface area contributed by atoms with Crippen molar-refractivity contribution in [2.24, 2.45) is 0 Å². The molecule has 0 atom stereocenters. The largest absolute Gasteiger partial charge is 0.483 e. The van der Waals surface area contributed by atoms with Crippen LogP contribution in [0.5, 0.6) is 0 Å². The van der Waals surface area contributed by atoms with Gasteiger partial charge in [-0.15, -0.1) is 0 Å². The predicted octanol–water partition coefficient (Wildman–Crippen LogP) is 2.69. The summed E-state index contributed by atoms with van der Waals surface area (Å²) < 4.78 is 32.7. The lowest BCUT2D eigenvalue weighted by Gasteiger charge is -2.07. The minimum absolute atomic E-state index is 0.156. The Kier molecular flexibility index (Phi) is 9.48. The number of ether oxygens (including phenoxy) is 1. The average molecular weight is 344 g/mol. The molecule has 1 rings (SSSR count). The standard InChI is InChI=1S/C14H18O4S2.CH2O/c1-11(2)14(19)18-10-4-5-12-6-8-13(9-7-12)20(15,16)17-3;1-2/h6-9H,1,4-5,10H2,2-3H3;1H2. The molecule has 0 amide bonds. The Balaban J connectivity index is 0.00000211. The van der Waals surface area contributed by atoms with E-state index >= 15 is 0 Å². The molecule has 0 aliphatic rings. The van der Waals surface area contributed by atoms with Crippen molar-refractivity contribution in [3.8, 4) is 0 Å². The second kappa shape index (κ2) is 10.2. The zero-order chi connectivity index (χ0) is 17.2. The van der Waals surface area contributed by atoms with Crippen molar-refractivity contribution in [1.82, 2.24) is 0 Å². The van der Waals surface area contributed by atoms with Gasteiger partial charge in [0, 0.05) is 0 Å². The van der Waals surface area contributed by atoms with Crippen molar-refractivity contribution in [1.29, 1.82) is 0 Å². The first-order chi connectivity index (χ1) is 10.4. The van der Waals surface area contributed by atoms with Crippen molar-refractivity contribution in [3.05, 3.63) is 42.0 Å². The fourth-order valence-corrected chi connectivity index (χ4v) is 2.23. The van der Waals surface area contributed by atoms with Crippen LogP contribution in [0.1, 0.15) is 18.9 Å². The Morgan fingerprint density at radius 1 is 1.23 bits per heavy atom. The number of thiocarbonyl (C=S) groups is 1. The number of rotatable bonds is 7. The van der Waals surface area contributed by atoms with Crippen molar-refractivity contribution in [2.75, 3.05) is 13.7 Å². The molecule has 0 aromatic heterocycles. The topological polar surface area (TPSA) is 69.7 Å². The van der Waals surface area contributed by atoms with Gasteiger partial charge >= 0.3 is 0 Å². The van der Waals surface area contributed by atoms with Crippen LogP contribution < -0.4 is 0 Å². The number of hydrogen-bond donors (Lipinski definition) is 0. The van der Waals surface area contributed by atoms with Crippen LogP contribution in [0.2, 0.25) is 0 Å². The van der Waals surface area contributed by atoms with Crippen molar-refractivity contribution in [3.63, 3.8) is 0 Å². The van der Waals surface area contributed by atoms with Crippen LogP contribution in [-0.2, 0) is 30.3 Å². The van der Waals surface area contributed by atoms with Crippen LogP contribution in [0.3, 0.4) is 0 Å². The van der Waals surface area contributed by atoms with Gasteiger partial charge in [-0.3, -0.25) is 4.18 Å². The highest BCUT2D eigenvalue weighted by Crippen LogP contribution is 2.13. The van der Waals surface area contributed by atoms with Crippen LogP contribution in [-0.4, -0.2) is 34.0 Å². The molecule has 0 N–H and O–H groups in total. The first-order valence-electron chi connectivity index (χ1n) is 6.38. The normalized spacial score (nSPS) is 10.3. The van der Waals surface area contributed by atoms with Crippen LogP contribution in [0, 0.1) is 0 Å². The summed E-state index contributed by atoms with van der Waals surface area (Å²) in [4.78, 5) is 8.16. The molecule has 0 aliphatic heterocycles. The lowest BCUT2D eigenvalue weighted by Crippen LogP contribution is -2.05. The Morgan fingerprint density at radius 2 is 1.77 bits per heavy atom. The Morgan fingerprint density at radius 3 is 2.23 bits per heavy atom. The van der Waals surface area contributed by atoms with Gasteiger partial charge in [0.05, 0.1) is 18.6 Å². The summed E-state index contributed by atoms with van der Waals surface area (Å²) in [6.45, 7) is 8.02. The summed E-state index contributed by atoms with van der Waals surface area (Å²) in [5.74, 6) is 0. The molecule has 0 fully saturated rings. The molecule has 0 bridgehead atoms. The molecule has 0 spiro atoms. The number of benzene rings is 1. The van der Waals surface area contributed by atoms with Crippen LogP contribution in [0.4, 0.5) is 0 Å². The SMILES string of the molecule is C=C(C)C(=S)OCCCc1ccc(S(=O)(=O)OC)cc1.C=O. The Labute approximate surface area is 137 Å². The van der Waals surface area contributed by atoms with E-state index < -0.39 is 10.1 Å². The molecule has 122 valence electrons. The van der Waals surface area contributed by atoms with Crippen molar-refractivity contribution in [2.45, 2.75) is 24.7 Å². The zero-order valence-corrected chi connectivity index (χ0v) is 14.3. The third-order valence-corrected chi connectivity index (χ3v) is 4.38. The van der Waals surface area contributed by atoms with Gasteiger partial charge in [0.25, 0.3) is 10.1 Å². The van der Waals surface area contributed by atoms with E-state index in [2.05, 4.69) is 10.8 Å². The van der Waals surface area contributed by atoms with E-state index in [9.17, 15) is 8.42 Å². The number of hydrogen-bond acceptors (Lipinski definition) is 6. The summed E-state index contributed by atoms with van der Waals surface area (Å²) in [6, 6.07) is 6.60. The minimum atomic E-state index is -3.61. The van der Waals surface area contributed by atoms with Crippen molar-refractivity contribution < 1.29 is 22.1 Å². The molecule has 22 heavy (non-hydrogen) atoms. The molecule has 5 nitrogen and oxygen atoms in total. The van der Waals surface area contributed by atoms with E-state index in [-0.39, 0.29) is 4.90 Å². The van der Waals surface area contributed by atoms with Gasteiger partial charge in [-0.2, -0.15) is 8.42 Å². The molecule has 1 aromatic carbocycles. The van der Waals surface area contributed by atoms with E-state index in [4.69, 9.17) is 21.7 Å². The van der Waals surface area contributed by atoms with Crippen LogP contribution in [0.15, 0.2) is 41.3 Å². The van der Waals surface area contributed by atoms with Crippen LogP contribution in [0.25, 0.3) is 0 Å². The maximum absolute atomic E-state index is 11.4. The molecule has 1 aromatic rings. The maximum Gasteiger partial charge on any atom is 0.296 e. The van der Waals surface area contributed by atoms with Gasteiger partial charge in [-0.25, -0.2) is 0 Å². The molecule has 0 saturated carbocycles. The number of carbonyl (C=O) groups is 1. The predicted molar refractivity (Wildman–Crippen MR) is 89.4 cm³/mol. The third-order valence-electron chi connectivity index (χ3n) is 2.62. The van der Waals surface area contributed by atoms with Gasteiger partial charge < -0.3 is 9.53 Å². The molecular weight excluding hydrogens is 324 g/mol. The second-order valence-electron chi connectivity index (χ2n) is 4.28. The van der Waals surface area contributed by atoms with Gasteiger partial charge in [0.1, 0.15) is 6.79 Å².